The van der Waals surface area contributed by atoms with Gasteiger partial charge in [-0.05, 0) is 24.6 Å². The van der Waals surface area contributed by atoms with Crippen LogP contribution in [0.25, 0.3) is 0 Å². The minimum absolute atomic E-state index is 0.00747. The average Bonchev–Trinajstić information content (AvgIpc) is 2.39. The van der Waals surface area contributed by atoms with Gasteiger partial charge in [0, 0.05) is 11.9 Å². The Labute approximate surface area is 109 Å². The molecule has 1 amide bonds. The molecule has 1 aliphatic rings. The average molecular weight is 254 g/mol. The Balaban J connectivity index is 2.30. The summed E-state index contributed by atoms with van der Waals surface area (Å²) in [6.07, 6.45) is 1.31. The lowest BCUT2D eigenvalue weighted by molar-refractivity contribution is -0.118. The molecule has 1 aromatic rings. The topological polar surface area (TPSA) is 97.9 Å². The first-order valence-corrected chi connectivity index (χ1v) is 5.48. The number of nitrogens with one attached hydrogen (secondary N) is 2. The van der Waals surface area contributed by atoms with E-state index in [9.17, 15) is 4.79 Å². The van der Waals surface area contributed by atoms with Gasteiger partial charge in [0.1, 0.15) is 23.5 Å². The number of allylic oxidation sites excluding steroid dienone is 1. The van der Waals surface area contributed by atoms with Crippen LogP contribution in [-0.2, 0) is 4.79 Å². The van der Waals surface area contributed by atoms with Gasteiger partial charge in [-0.2, -0.15) is 10.5 Å². The van der Waals surface area contributed by atoms with Crippen LogP contribution in [0.5, 0.6) is 5.75 Å². The molecule has 6 heteroatoms. The summed E-state index contributed by atoms with van der Waals surface area (Å²) in [4.78, 5) is 11.3. The SMILES string of the molecule is Cc1cc(NC=C(C#N)C#N)cc2c1OCC(=O)N2. The van der Waals surface area contributed by atoms with Gasteiger partial charge in [-0.25, -0.2) is 0 Å². The lowest BCUT2D eigenvalue weighted by atomic mass is 10.1. The number of fused-ring (bicyclic) bond motifs is 1. The maximum atomic E-state index is 11.3. The Hall–Kier alpha value is -2.99. The molecule has 0 bridgehead atoms. The van der Waals surface area contributed by atoms with Crippen molar-refractivity contribution in [3.8, 4) is 17.9 Å². The summed E-state index contributed by atoms with van der Waals surface area (Å²) >= 11 is 0. The van der Waals surface area contributed by atoms with Crippen LogP contribution in [0.2, 0.25) is 0 Å². The van der Waals surface area contributed by atoms with E-state index in [2.05, 4.69) is 10.6 Å². The molecule has 0 aromatic heterocycles. The van der Waals surface area contributed by atoms with Crippen LogP contribution in [0.15, 0.2) is 23.9 Å². The maximum Gasteiger partial charge on any atom is 0.262 e. The van der Waals surface area contributed by atoms with Crippen molar-refractivity contribution in [1.29, 1.82) is 10.5 Å². The second-order valence-electron chi connectivity index (χ2n) is 3.93. The van der Waals surface area contributed by atoms with Gasteiger partial charge in [0.15, 0.2) is 6.61 Å². The monoisotopic (exact) mass is 254 g/mol. The quantitative estimate of drug-likeness (QED) is 0.782. The van der Waals surface area contributed by atoms with Gasteiger partial charge >= 0.3 is 0 Å². The van der Waals surface area contributed by atoms with E-state index in [1.54, 1.807) is 24.3 Å². The van der Waals surface area contributed by atoms with Crippen molar-refractivity contribution < 1.29 is 9.53 Å². The number of amides is 1. The zero-order valence-electron chi connectivity index (χ0n) is 10.2. The van der Waals surface area contributed by atoms with Crippen LogP contribution in [-0.4, -0.2) is 12.5 Å². The Morgan fingerprint density at radius 3 is 2.89 bits per heavy atom. The minimum Gasteiger partial charge on any atom is -0.481 e. The second-order valence-corrected chi connectivity index (χ2v) is 3.93. The molecule has 6 nitrogen and oxygen atoms in total. The fraction of sp³-hybridized carbons (Fsp3) is 0.154. The van der Waals surface area contributed by atoms with Crippen molar-refractivity contribution in [2.24, 2.45) is 0 Å². The number of carbonyl (C=O) groups is 1. The number of anilines is 2. The summed E-state index contributed by atoms with van der Waals surface area (Å²) in [5.74, 6) is 0.421. The van der Waals surface area contributed by atoms with Gasteiger partial charge in [-0.3, -0.25) is 4.79 Å². The first-order valence-electron chi connectivity index (χ1n) is 5.48. The third-order valence-corrected chi connectivity index (χ3v) is 2.52. The molecule has 0 radical (unpaired) electrons. The third-order valence-electron chi connectivity index (χ3n) is 2.52. The Bertz CT molecular complexity index is 634. The van der Waals surface area contributed by atoms with Crippen molar-refractivity contribution in [3.05, 3.63) is 29.5 Å². The Morgan fingerprint density at radius 1 is 1.47 bits per heavy atom. The minimum atomic E-state index is -0.214. The molecule has 19 heavy (non-hydrogen) atoms. The highest BCUT2D eigenvalue weighted by Crippen LogP contribution is 2.34. The van der Waals surface area contributed by atoms with E-state index in [1.807, 2.05) is 6.92 Å². The van der Waals surface area contributed by atoms with E-state index in [4.69, 9.17) is 15.3 Å². The number of rotatable bonds is 2. The molecule has 2 N–H and O–H groups in total. The number of hydrogen-bond donors (Lipinski definition) is 2. The summed E-state index contributed by atoms with van der Waals surface area (Å²) in [5.41, 5.74) is 2.05. The molecule has 0 saturated heterocycles. The number of aryl methyl sites for hydroxylation is 1. The van der Waals surface area contributed by atoms with Crippen molar-refractivity contribution in [1.82, 2.24) is 0 Å². The normalized spacial score (nSPS) is 12.1. The van der Waals surface area contributed by atoms with E-state index in [-0.39, 0.29) is 18.1 Å². The van der Waals surface area contributed by atoms with Gasteiger partial charge in [0.25, 0.3) is 5.91 Å². The highest BCUT2D eigenvalue weighted by molar-refractivity contribution is 5.96. The molecular formula is C13H10N4O2. The lowest BCUT2D eigenvalue weighted by Crippen LogP contribution is -2.25. The first kappa shape index (κ1) is 12.5. The second kappa shape index (κ2) is 5.11. The fourth-order valence-electron chi connectivity index (χ4n) is 1.71. The van der Waals surface area contributed by atoms with Crippen molar-refractivity contribution >= 4 is 17.3 Å². The van der Waals surface area contributed by atoms with Crippen LogP contribution in [0, 0.1) is 29.6 Å². The van der Waals surface area contributed by atoms with Crippen LogP contribution in [0.1, 0.15) is 5.56 Å². The summed E-state index contributed by atoms with van der Waals surface area (Å²) in [6.45, 7) is 1.86. The molecular weight excluding hydrogens is 244 g/mol. The van der Waals surface area contributed by atoms with Gasteiger partial charge < -0.3 is 15.4 Å². The number of ether oxygens (including phenoxy) is 1. The number of carbonyl (C=O) groups excluding carboxylic acids is 1. The predicted octanol–water partition coefficient (Wildman–Crippen LogP) is 1.67. The van der Waals surface area contributed by atoms with E-state index in [1.165, 1.54) is 6.20 Å². The first-order chi connectivity index (χ1) is 9.13. The molecule has 1 heterocycles. The van der Waals surface area contributed by atoms with Gasteiger partial charge in [0.05, 0.1) is 5.69 Å². The van der Waals surface area contributed by atoms with Crippen LogP contribution < -0.4 is 15.4 Å². The molecule has 0 spiro atoms. The largest absolute Gasteiger partial charge is 0.481 e. The highest BCUT2D eigenvalue weighted by Gasteiger charge is 2.18. The summed E-state index contributed by atoms with van der Waals surface area (Å²) in [6, 6.07) is 6.99. The van der Waals surface area contributed by atoms with Crippen molar-refractivity contribution in [3.63, 3.8) is 0 Å². The van der Waals surface area contributed by atoms with E-state index < -0.39 is 0 Å². The van der Waals surface area contributed by atoms with Crippen molar-refractivity contribution in [2.75, 3.05) is 17.2 Å². The zero-order chi connectivity index (χ0) is 13.8. The molecule has 0 aliphatic carbocycles. The Morgan fingerprint density at radius 2 is 2.21 bits per heavy atom. The third kappa shape index (κ3) is 2.64. The fourth-order valence-corrected chi connectivity index (χ4v) is 1.71. The maximum absolute atomic E-state index is 11.3. The van der Waals surface area contributed by atoms with Crippen molar-refractivity contribution in [2.45, 2.75) is 6.92 Å². The summed E-state index contributed by atoms with van der Waals surface area (Å²) in [7, 11) is 0. The number of hydrogen-bond acceptors (Lipinski definition) is 5. The van der Waals surface area contributed by atoms with E-state index >= 15 is 0 Å². The lowest BCUT2D eigenvalue weighted by Gasteiger charge is -2.20. The van der Waals surface area contributed by atoms with E-state index in [0.29, 0.717) is 17.1 Å². The molecule has 0 atom stereocenters. The van der Waals surface area contributed by atoms with Crippen LogP contribution in [0.3, 0.4) is 0 Å². The number of benzene rings is 1. The molecule has 94 valence electrons. The molecule has 1 aromatic carbocycles. The van der Waals surface area contributed by atoms with Gasteiger partial charge in [-0.15, -0.1) is 0 Å². The molecule has 2 rings (SSSR count). The number of nitrogens with zero attached hydrogens (tertiary/aromatic N) is 2. The summed E-state index contributed by atoms with van der Waals surface area (Å²) < 4.78 is 5.33. The van der Waals surface area contributed by atoms with E-state index in [0.717, 1.165) is 5.56 Å². The molecule has 1 aliphatic heterocycles. The van der Waals surface area contributed by atoms with Crippen LogP contribution in [0.4, 0.5) is 11.4 Å². The summed E-state index contributed by atoms with van der Waals surface area (Å²) in [5, 5.41) is 22.8. The standard InChI is InChI=1S/C13H10N4O2/c1-8-2-10(16-6-9(4-14)5-15)3-11-13(8)19-7-12(18)17-11/h2-3,6,16H,7H2,1H3,(H,17,18). The Kier molecular flexibility index (Phi) is 3.35. The van der Waals surface area contributed by atoms with Gasteiger partial charge in [0.2, 0.25) is 0 Å². The smallest absolute Gasteiger partial charge is 0.262 e. The van der Waals surface area contributed by atoms with Gasteiger partial charge in [-0.1, -0.05) is 0 Å². The molecule has 0 unspecified atom stereocenters. The zero-order valence-corrected chi connectivity index (χ0v) is 10.2. The number of nitriles is 2. The molecule has 0 saturated carbocycles. The predicted molar refractivity (Wildman–Crippen MR) is 68.2 cm³/mol. The molecule has 0 fully saturated rings. The van der Waals surface area contributed by atoms with Crippen LogP contribution >= 0.6 is 0 Å². The highest BCUT2D eigenvalue weighted by atomic mass is 16.5.